The van der Waals surface area contributed by atoms with Crippen LogP contribution < -0.4 is 4.90 Å². The highest BCUT2D eigenvalue weighted by molar-refractivity contribution is 5.94. The number of aromatic nitrogens is 2. The number of rotatable bonds is 4. The molecule has 8 nitrogen and oxygen atoms in total. The first-order valence-electron chi connectivity index (χ1n) is 12.7. The van der Waals surface area contributed by atoms with Crippen LogP contribution in [0.5, 0.6) is 0 Å². The monoisotopic (exact) mass is 477 g/mol. The van der Waals surface area contributed by atoms with Gasteiger partial charge in [0, 0.05) is 63.3 Å². The van der Waals surface area contributed by atoms with Crippen molar-refractivity contribution in [1.29, 1.82) is 0 Å². The van der Waals surface area contributed by atoms with Gasteiger partial charge in [0.15, 0.2) is 0 Å². The number of likely N-dealkylation sites (tertiary alicyclic amines) is 1. The fourth-order valence-corrected chi connectivity index (χ4v) is 5.94. The molecule has 2 aliphatic heterocycles. The fraction of sp³-hybridized carbons (Fsp3) is 0.556. The van der Waals surface area contributed by atoms with Gasteiger partial charge in [-0.05, 0) is 62.6 Å². The Kier molecular flexibility index (Phi) is 6.49. The number of hydrogen-bond acceptors (Lipinski definition) is 6. The Morgan fingerprint density at radius 1 is 1.00 bits per heavy atom. The van der Waals surface area contributed by atoms with E-state index in [9.17, 15) is 14.7 Å². The average molecular weight is 478 g/mol. The molecule has 35 heavy (non-hydrogen) atoms. The van der Waals surface area contributed by atoms with Crippen LogP contribution in [0.2, 0.25) is 0 Å². The second-order valence-electron chi connectivity index (χ2n) is 10.6. The zero-order valence-electron chi connectivity index (χ0n) is 20.7. The van der Waals surface area contributed by atoms with Crippen molar-refractivity contribution in [3.63, 3.8) is 0 Å². The highest BCUT2D eigenvalue weighted by atomic mass is 16.3. The van der Waals surface area contributed by atoms with Gasteiger partial charge in [-0.25, -0.2) is 9.97 Å². The Morgan fingerprint density at radius 3 is 2.34 bits per heavy atom. The number of carbonyl (C=O) groups is 2. The summed E-state index contributed by atoms with van der Waals surface area (Å²) in [7, 11) is 3.48. The lowest BCUT2D eigenvalue weighted by molar-refractivity contribution is -0.139. The van der Waals surface area contributed by atoms with Crippen LogP contribution in [0.4, 0.5) is 5.95 Å². The molecular formula is C27H35N5O3. The van der Waals surface area contributed by atoms with Gasteiger partial charge < -0.3 is 19.8 Å². The molecule has 1 aromatic carbocycles. The molecular weight excluding hydrogens is 442 g/mol. The van der Waals surface area contributed by atoms with E-state index < -0.39 is 0 Å². The number of carbonyl (C=O) groups excluding carboxylic acids is 2. The lowest BCUT2D eigenvalue weighted by atomic mass is 9.78. The molecule has 1 atom stereocenters. The van der Waals surface area contributed by atoms with E-state index in [2.05, 4.69) is 19.8 Å². The number of nitrogens with zero attached hydrogens (tertiary/aromatic N) is 5. The summed E-state index contributed by atoms with van der Waals surface area (Å²) in [5.74, 6) is 0.926. The predicted octanol–water partition coefficient (Wildman–Crippen LogP) is 2.97. The number of hydrogen-bond donors (Lipinski definition) is 1. The highest BCUT2D eigenvalue weighted by Crippen LogP contribution is 2.43. The third-order valence-corrected chi connectivity index (χ3v) is 8.02. The quantitative estimate of drug-likeness (QED) is 0.728. The topological polar surface area (TPSA) is 89.9 Å². The molecule has 1 N–H and O–H groups in total. The summed E-state index contributed by atoms with van der Waals surface area (Å²) >= 11 is 0. The molecule has 0 unspecified atom stereocenters. The first-order chi connectivity index (χ1) is 16.9. The Balaban J connectivity index is 1.26. The molecule has 5 rings (SSSR count). The molecule has 0 radical (unpaired) electrons. The number of anilines is 1. The van der Waals surface area contributed by atoms with Gasteiger partial charge in [0.1, 0.15) is 0 Å². The summed E-state index contributed by atoms with van der Waals surface area (Å²) in [4.78, 5) is 40.8. The van der Waals surface area contributed by atoms with E-state index in [1.54, 1.807) is 19.0 Å². The molecule has 3 aliphatic rings. The summed E-state index contributed by atoms with van der Waals surface area (Å²) in [6.45, 7) is 2.34. The standard InChI is InChI=1S/C27H35N5O3/c1-30(2)24(34)20-6-4-19(5-7-20)21-16-28-26(29-17-21)31-14-3-12-27(18-31)13-15-32(25(27)35)22-8-10-23(33)11-9-22/h4-7,16-17,22-23,33H,3,8-15,18H2,1-2H3/t22-,23-,27-/m1/s1. The molecule has 1 aliphatic carbocycles. The highest BCUT2D eigenvalue weighted by Gasteiger charge is 2.51. The Bertz CT molecular complexity index is 1060. The van der Waals surface area contributed by atoms with Gasteiger partial charge >= 0.3 is 0 Å². The van der Waals surface area contributed by atoms with E-state index in [-0.39, 0.29) is 29.4 Å². The largest absolute Gasteiger partial charge is 0.393 e. The van der Waals surface area contributed by atoms with Crippen molar-refractivity contribution in [3.8, 4) is 11.1 Å². The van der Waals surface area contributed by atoms with Gasteiger partial charge in [0.25, 0.3) is 5.91 Å². The first-order valence-corrected chi connectivity index (χ1v) is 12.7. The summed E-state index contributed by atoms with van der Waals surface area (Å²) in [6, 6.07) is 7.76. The Labute approximate surface area is 207 Å². The van der Waals surface area contributed by atoms with Crippen molar-refractivity contribution in [2.45, 2.75) is 57.1 Å². The van der Waals surface area contributed by atoms with Crippen LogP contribution in [0.3, 0.4) is 0 Å². The fourth-order valence-electron chi connectivity index (χ4n) is 5.94. The minimum absolute atomic E-state index is 0.0247. The average Bonchev–Trinajstić information content (AvgIpc) is 3.19. The van der Waals surface area contributed by atoms with Crippen molar-refractivity contribution in [3.05, 3.63) is 42.2 Å². The minimum Gasteiger partial charge on any atom is -0.393 e. The third kappa shape index (κ3) is 4.63. The SMILES string of the molecule is CN(C)C(=O)c1ccc(-c2cnc(N3CCC[C@@]4(CCN([C@H]5CC[C@H](O)CC5)C4=O)C3)nc2)cc1. The number of aliphatic hydroxyl groups excluding tert-OH is 1. The third-order valence-electron chi connectivity index (χ3n) is 8.02. The molecule has 1 saturated carbocycles. The van der Waals surface area contributed by atoms with Crippen LogP contribution in [0.15, 0.2) is 36.7 Å². The molecule has 1 spiro atoms. The summed E-state index contributed by atoms with van der Waals surface area (Å²) in [5.41, 5.74) is 2.16. The van der Waals surface area contributed by atoms with Gasteiger partial charge in [-0.15, -0.1) is 0 Å². The smallest absolute Gasteiger partial charge is 0.253 e. The molecule has 2 saturated heterocycles. The van der Waals surface area contributed by atoms with Crippen molar-refractivity contribution < 1.29 is 14.7 Å². The molecule has 1 aromatic heterocycles. The Morgan fingerprint density at radius 2 is 1.69 bits per heavy atom. The van der Waals surface area contributed by atoms with E-state index in [0.717, 1.165) is 69.2 Å². The zero-order valence-corrected chi connectivity index (χ0v) is 20.7. The summed E-state index contributed by atoms with van der Waals surface area (Å²) in [6.07, 6.45) is 9.60. The summed E-state index contributed by atoms with van der Waals surface area (Å²) < 4.78 is 0. The maximum atomic E-state index is 13.6. The second kappa shape index (κ2) is 9.57. The Hall–Kier alpha value is -3.00. The molecule has 3 heterocycles. The molecule has 0 bridgehead atoms. The van der Waals surface area contributed by atoms with Gasteiger partial charge in [-0.3, -0.25) is 9.59 Å². The lowest BCUT2D eigenvalue weighted by Crippen LogP contribution is -2.50. The summed E-state index contributed by atoms with van der Waals surface area (Å²) in [5, 5.41) is 9.85. The molecule has 8 heteroatoms. The van der Waals surface area contributed by atoms with Gasteiger partial charge in [0.2, 0.25) is 11.9 Å². The normalized spacial score (nSPS) is 26.9. The van der Waals surface area contributed by atoms with Crippen molar-refractivity contribution >= 4 is 17.8 Å². The number of aliphatic hydroxyl groups is 1. The maximum absolute atomic E-state index is 13.6. The van der Waals surface area contributed by atoms with Gasteiger partial charge in [0.05, 0.1) is 11.5 Å². The van der Waals surface area contributed by atoms with Crippen LogP contribution in [-0.4, -0.2) is 82.6 Å². The number of benzene rings is 1. The zero-order chi connectivity index (χ0) is 24.6. The van der Waals surface area contributed by atoms with Crippen LogP contribution in [0.25, 0.3) is 11.1 Å². The van der Waals surface area contributed by atoms with E-state index in [1.165, 1.54) is 0 Å². The van der Waals surface area contributed by atoms with Crippen molar-refractivity contribution in [2.75, 3.05) is 38.6 Å². The van der Waals surface area contributed by atoms with E-state index in [0.29, 0.717) is 18.1 Å². The van der Waals surface area contributed by atoms with Crippen LogP contribution in [0.1, 0.15) is 55.3 Å². The number of piperidine rings is 1. The van der Waals surface area contributed by atoms with Crippen LogP contribution >= 0.6 is 0 Å². The second-order valence-corrected chi connectivity index (χ2v) is 10.6. The predicted molar refractivity (Wildman–Crippen MR) is 134 cm³/mol. The minimum atomic E-state index is -0.342. The molecule has 2 aromatic rings. The molecule has 186 valence electrons. The van der Waals surface area contributed by atoms with Gasteiger partial charge in [-0.2, -0.15) is 0 Å². The molecule has 3 fully saturated rings. The van der Waals surface area contributed by atoms with Crippen LogP contribution in [0, 0.1) is 5.41 Å². The van der Waals surface area contributed by atoms with Crippen molar-refractivity contribution in [2.24, 2.45) is 5.41 Å². The maximum Gasteiger partial charge on any atom is 0.253 e. The van der Waals surface area contributed by atoms with Gasteiger partial charge in [-0.1, -0.05) is 12.1 Å². The van der Waals surface area contributed by atoms with E-state index >= 15 is 0 Å². The molecule has 2 amide bonds. The van der Waals surface area contributed by atoms with E-state index in [1.807, 2.05) is 36.7 Å². The number of amides is 2. The van der Waals surface area contributed by atoms with Crippen molar-refractivity contribution in [1.82, 2.24) is 19.8 Å². The lowest BCUT2D eigenvalue weighted by Gasteiger charge is -2.40. The van der Waals surface area contributed by atoms with Crippen LogP contribution in [-0.2, 0) is 4.79 Å². The van der Waals surface area contributed by atoms with E-state index in [4.69, 9.17) is 0 Å². The first kappa shape index (κ1) is 23.7.